The molecular formula is C15H30P. The van der Waals surface area contributed by atoms with Crippen molar-refractivity contribution in [2.24, 2.45) is 0 Å². The zero-order valence-corrected chi connectivity index (χ0v) is 12.3. The fourth-order valence-electron chi connectivity index (χ4n) is 1.77. The van der Waals surface area contributed by atoms with Crippen molar-refractivity contribution in [2.75, 3.05) is 6.16 Å². The Bertz CT molecular complexity index is 140. The van der Waals surface area contributed by atoms with Crippen LogP contribution in [0.2, 0.25) is 0 Å². The van der Waals surface area contributed by atoms with Crippen LogP contribution in [0.25, 0.3) is 0 Å². The van der Waals surface area contributed by atoms with Gasteiger partial charge in [-0.2, -0.15) is 0 Å². The highest BCUT2D eigenvalue weighted by molar-refractivity contribution is 7.41. The van der Waals surface area contributed by atoms with Gasteiger partial charge in [0.2, 0.25) is 0 Å². The standard InChI is InChI=1S/C15H30P/c1-3-5-7-8-9-10-11-12-13-15-16-14-6-4-2/h6,14H,3-5,7-13,15H2,1-2H3/b14-6+. The lowest BCUT2D eigenvalue weighted by atomic mass is 10.1. The molecule has 0 N–H and O–H groups in total. The van der Waals surface area contributed by atoms with E-state index in [9.17, 15) is 0 Å². The maximum absolute atomic E-state index is 2.31. The largest absolute Gasteiger partial charge is 0.0840 e. The average Bonchev–Trinajstić information content (AvgIpc) is 2.31. The Balaban J connectivity index is 2.90. The van der Waals surface area contributed by atoms with Gasteiger partial charge in [-0.1, -0.05) is 85.7 Å². The van der Waals surface area contributed by atoms with Gasteiger partial charge in [0.25, 0.3) is 0 Å². The van der Waals surface area contributed by atoms with Crippen LogP contribution in [0.4, 0.5) is 0 Å². The topological polar surface area (TPSA) is 0 Å². The zero-order chi connectivity index (χ0) is 11.9. The summed E-state index contributed by atoms with van der Waals surface area (Å²) in [6, 6.07) is 0. The molecule has 0 heterocycles. The van der Waals surface area contributed by atoms with Crippen molar-refractivity contribution in [3.8, 4) is 0 Å². The third kappa shape index (κ3) is 14.2. The summed E-state index contributed by atoms with van der Waals surface area (Å²) in [6.07, 6.45) is 17.8. The zero-order valence-electron chi connectivity index (χ0n) is 11.4. The summed E-state index contributed by atoms with van der Waals surface area (Å²) in [7, 11) is 1.52. The van der Waals surface area contributed by atoms with E-state index in [1.54, 1.807) is 0 Å². The highest BCUT2D eigenvalue weighted by Crippen LogP contribution is 2.16. The molecule has 0 unspecified atom stereocenters. The molecule has 0 saturated carbocycles. The Hall–Kier alpha value is 0.170. The van der Waals surface area contributed by atoms with E-state index in [-0.39, 0.29) is 0 Å². The molecule has 0 bridgehead atoms. The first-order valence-electron chi connectivity index (χ1n) is 7.23. The second-order valence-corrected chi connectivity index (χ2v) is 5.64. The second-order valence-electron chi connectivity index (χ2n) is 4.53. The molecule has 0 fully saturated rings. The van der Waals surface area contributed by atoms with Crippen LogP contribution in [-0.4, -0.2) is 6.16 Å². The third-order valence-electron chi connectivity index (χ3n) is 2.84. The smallest absolute Gasteiger partial charge is 0.0250 e. The van der Waals surface area contributed by atoms with Gasteiger partial charge in [-0.15, -0.1) is 0 Å². The third-order valence-corrected chi connectivity index (χ3v) is 3.83. The fraction of sp³-hybridized carbons (Fsp3) is 0.867. The van der Waals surface area contributed by atoms with Gasteiger partial charge >= 0.3 is 0 Å². The van der Waals surface area contributed by atoms with Gasteiger partial charge in [-0.25, -0.2) is 0 Å². The van der Waals surface area contributed by atoms with Crippen molar-refractivity contribution in [2.45, 2.75) is 78.1 Å². The number of hydrogen-bond donors (Lipinski definition) is 0. The van der Waals surface area contributed by atoms with Gasteiger partial charge in [-0.3, -0.25) is 0 Å². The van der Waals surface area contributed by atoms with Crippen molar-refractivity contribution in [1.82, 2.24) is 0 Å². The molecule has 0 spiro atoms. The van der Waals surface area contributed by atoms with E-state index < -0.39 is 0 Å². The van der Waals surface area contributed by atoms with Crippen LogP contribution in [0.5, 0.6) is 0 Å². The van der Waals surface area contributed by atoms with E-state index in [1.165, 1.54) is 79.0 Å². The molecule has 95 valence electrons. The van der Waals surface area contributed by atoms with E-state index in [0.29, 0.717) is 0 Å². The minimum Gasteiger partial charge on any atom is -0.0840 e. The molecule has 16 heavy (non-hydrogen) atoms. The van der Waals surface area contributed by atoms with Crippen molar-refractivity contribution < 1.29 is 0 Å². The molecule has 0 aliphatic rings. The number of unbranched alkanes of at least 4 members (excludes halogenated alkanes) is 8. The molecule has 0 atom stereocenters. The van der Waals surface area contributed by atoms with E-state index in [4.69, 9.17) is 0 Å². The van der Waals surface area contributed by atoms with Crippen LogP contribution < -0.4 is 0 Å². The lowest BCUT2D eigenvalue weighted by molar-refractivity contribution is 0.573. The molecule has 0 rings (SSSR count). The van der Waals surface area contributed by atoms with Gasteiger partial charge in [0.15, 0.2) is 0 Å². The summed E-state index contributed by atoms with van der Waals surface area (Å²) in [5, 5.41) is 0. The maximum Gasteiger partial charge on any atom is -0.0250 e. The fourth-order valence-corrected chi connectivity index (χ4v) is 2.68. The number of allylic oxidation sites excluding steroid dienone is 1. The Morgan fingerprint density at radius 1 is 0.750 bits per heavy atom. The summed E-state index contributed by atoms with van der Waals surface area (Å²) >= 11 is 0. The first-order valence-corrected chi connectivity index (χ1v) is 8.38. The summed E-state index contributed by atoms with van der Waals surface area (Å²) in [4.78, 5) is 0. The lowest BCUT2D eigenvalue weighted by Crippen LogP contribution is -1.82. The van der Waals surface area contributed by atoms with Crippen LogP contribution in [-0.2, 0) is 0 Å². The first kappa shape index (κ1) is 16.2. The maximum atomic E-state index is 2.31. The Morgan fingerprint density at radius 3 is 1.88 bits per heavy atom. The van der Waals surface area contributed by atoms with Gasteiger partial charge in [0.1, 0.15) is 0 Å². The minimum absolute atomic E-state index is 1.19. The second kappa shape index (κ2) is 15.2. The van der Waals surface area contributed by atoms with Crippen molar-refractivity contribution in [3.05, 3.63) is 11.9 Å². The average molecular weight is 241 g/mol. The normalized spacial score (nSPS) is 12.1. The molecule has 1 radical (unpaired) electrons. The Morgan fingerprint density at radius 2 is 1.31 bits per heavy atom. The molecule has 0 aliphatic heterocycles. The van der Waals surface area contributed by atoms with E-state index in [0.717, 1.165) is 0 Å². The monoisotopic (exact) mass is 241 g/mol. The van der Waals surface area contributed by atoms with Gasteiger partial charge in [-0.05, 0) is 19.0 Å². The van der Waals surface area contributed by atoms with Crippen molar-refractivity contribution >= 4 is 8.58 Å². The summed E-state index contributed by atoms with van der Waals surface area (Å²) < 4.78 is 0. The van der Waals surface area contributed by atoms with Crippen LogP contribution >= 0.6 is 8.58 Å². The molecule has 0 aromatic heterocycles. The molecule has 0 nitrogen and oxygen atoms in total. The first-order chi connectivity index (χ1) is 7.91. The molecular weight excluding hydrogens is 211 g/mol. The van der Waals surface area contributed by atoms with E-state index in [1.807, 2.05) is 0 Å². The minimum atomic E-state index is 1.19. The summed E-state index contributed by atoms with van der Waals surface area (Å²) in [6.45, 7) is 4.48. The summed E-state index contributed by atoms with van der Waals surface area (Å²) in [5.74, 6) is 2.31. The molecule has 0 amide bonds. The highest BCUT2D eigenvalue weighted by Gasteiger charge is 1.91. The predicted molar refractivity (Wildman–Crippen MR) is 78.4 cm³/mol. The van der Waals surface area contributed by atoms with Gasteiger partial charge < -0.3 is 0 Å². The van der Waals surface area contributed by atoms with Gasteiger partial charge in [0, 0.05) is 0 Å². The van der Waals surface area contributed by atoms with Crippen LogP contribution in [0.3, 0.4) is 0 Å². The Kier molecular flexibility index (Phi) is 15.3. The molecule has 0 aromatic carbocycles. The van der Waals surface area contributed by atoms with Crippen LogP contribution in [0.1, 0.15) is 78.1 Å². The predicted octanol–water partition coefficient (Wildman–Crippen LogP) is 6.39. The quantitative estimate of drug-likeness (QED) is 0.274. The molecule has 1 heteroatoms. The summed E-state index contributed by atoms with van der Waals surface area (Å²) in [5.41, 5.74) is 0. The molecule has 0 aliphatic carbocycles. The number of hydrogen-bond acceptors (Lipinski definition) is 0. The lowest BCUT2D eigenvalue weighted by Gasteiger charge is -2.00. The SMILES string of the molecule is CC/C=C/[P]CCCCCCCCCCC. The molecule has 0 aromatic rings. The highest BCUT2D eigenvalue weighted by atomic mass is 31.1. The van der Waals surface area contributed by atoms with Crippen molar-refractivity contribution in [3.63, 3.8) is 0 Å². The van der Waals surface area contributed by atoms with Crippen molar-refractivity contribution in [1.29, 1.82) is 0 Å². The van der Waals surface area contributed by atoms with Crippen LogP contribution in [0.15, 0.2) is 11.9 Å². The number of rotatable bonds is 12. The van der Waals surface area contributed by atoms with Crippen LogP contribution in [0, 0.1) is 0 Å². The van der Waals surface area contributed by atoms with E-state index >= 15 is 0 Å². The van der Waals surface area contributed by atoms with Gasteiger partial charge in [0.05, 0.1) is 0 Å². The molecule has 0 saturated heterocycles. The van der Waals surface area contributed by atoms with E-state index in [2.05, 4.69) is 25.7 Å². The Labute approximate surface area is 105 Å².